The maximum absolute atomic E-state index is 11.0. The quantitative estimate of drug-likeness (QED) is 0.794. The number of carboxylic acid groups (broad SMARTS) is 1. The second kappa shape index (κ2) is 5.16. The van der Waals surface area contributed by atoms with Crippen molar-refractivity contribution in [2.75, 3.05) is 0 Å². The zero-order valence-electron chi connectivity index (χ0n) is 11.1. The maximum Gasteiger partial charge on any atom is 0.335 e. The molecule has 0 atom stereocenters. The van der Waals surface area contributed by atoms with E-state index in [-0.39, 0.29) is 11.5 Å². The van der Waals surface area contributed by atoms with E-state index in [1.165, 1.54) is 12.1 Å². The average molecular weight is 281 g/mol. The van der Waals surface area contributed by atoms with Crippen LogP contribution in [0.5, 0.6) is 0 Å². The summed E-state index contributed by atoms with van der Waals surface area (Å²) >= 11 is 0. The molecule has 0 saturated heterocycles. The SMILES string of the molecule is Cc1ccncc1-c1noc(-c2cccc(C(=O)O)c2)n1. The lowest BCUT2D eigenvalue weighted by Crippen LogP contribution is -1.95. The molecule has 0 amide bonds. The molecule has 1 N–H and O–H groups in total. The Hall–Kier alpha value is -3.02. The molecule has 3 rings (SSSR count). The normalized spacial score (nSPS) is 10.5. The second-order valence-electron chi connectivity index (χ2n) is 4.50. The minimum absolute atomic E-state index is 0.171. The van der Waals surface area contributed by atoms with Gasteiger partial charge in [0.2, 0.25) is 5.82 Å². The van der Waals surface area contributed by atoms with Crippen LogP contribution in [0.2, 0.25) is 0 Å². The monoisotopic (exact) mass is 281 g/mol. The highest BCUT2D eigenvalue weighted by atomic mass is 16.5. The summed E-state index contributed by atoms with van der Waals surface area (Å²) in [5.74, 6) is -0.299. The molecule has 0 bridgehead atoms. The van der Waals surface area contributed by atoms with Crippen molar-refractivity contribution >= 4 is 5.97 Å². The second-order valence-corrected chi connectivity index (χ2v) is 4.50. The van der Waals surface area contributed by atoms with Crippen LogP contribution < -0.4 is 0 Å². The van der Waals surface area contributed by atoms with Crippen LogP contribution in [-0.2, 0) is 0 Å². The van der Waals surface area contributed by atoms with Crippen LogP contribution in [0, 0.1) is 6.92 Å². The number of aromatic nitrogens is 3. The van der Waals surface area contributed by atoms with Gasteiger partial charge < -0.3 is 9.63 Å². The van der Waals surface area contributed by atoms with Crippen LogP contribution >= 0.6 is 0 Å². The molecule has 0 radical (unpaired) electrons. The standard InChI is InChI=1S/C15H11N3O3/c1-9-5-6-16-8-12(9)13-17-14(21-18-13)10-3-2-4-11(7-10)15(19)20/h2-8H,1H3,(H,19,20). The van der Waals surface area contributed by atoms with Gasteiger partial charge in [-0.25, -0.2) is 4.79 Å². The summed E-state index contributed by atoms with van der Waals surface area (Å²) in [6, 6.07) is 8.22. The van der Waals surface area contributed by atoms with Gasteiger partial charge in [-0.2, -0.15) is 4.98 Å². The van der Waals surface area contributed by atoms with Gasteiger partial charge in [0, 0.05) is 23.5 Å². The third kappa shape index (κ3) is 2.51. The molecule has 104 valence electrons. The predicted molar refractivity (Wildman–Crippen MR) is 74.7 cm³/mol. The zero-order chi connectivity index (χ0) is 14.8. The van der Waals surface area contributed by atoms with Crippen LogP contribution in [0.1, 0.15) is 15.9 Å². The van der Waals surface area contributed by atoms with Gasteiger partial charge in [-0.3, -0.25) is 4.98 Å². The molecule has 21 heavy (non-hydrogen) atoms. The van der Waals surface area contributed by atoms with Crippen LogP contribution in [0.25, 0.3) is 22.8 Å². The van der Waals surface area contributed by atoms with E-state index in [0.717, 1.165) is 11.1 Å². The molecule has 0 unspecified atom stereocenters. The first-order valence-electron chi connectivity index (χ1n) is 6.23. The number of aromatic carboxylic acids is 1. The van der Waals surface area contributed by atoms with Crippen molar-refractivity contribution in [1.82, 2.24) is 15.1 Å². The van der Waals surface area contributed by atoms with E-state index in [2.05, 4.69) is 15.1 Å². The molecular weight excluding hydrogens is 270 g/mol. The molecule has 0 fully saturated rings. The molecule has 2 heterocycles. The number of pyridine rings is 1. The Morgan fingerprint density at radius 1 is 1.29 bits per heavy atom. The van der Waals surface area contributed by atoms with Gasteiger partial charge in [-0.15, -0.1) is 0 Å². The fourth-order valence-electron chi connectivity index (χ4n) is 1.93. The molecular formula is C15H11N3O3. The Morgan fingerprint density at radius 3 is 2.90 bits per heavy atom. The minimum atomic E-state index is -1.00. The highest BCUT2D eigenvalue weighted by Crippen LogP contribution is 2.24. The number of benzene rings is 1. The minimum Gasteiger partial charge on any atom is -0.478 e. The molecule has 6 nitrogen and oxygen atoms in total. The van der Waals surface area contributed by atoms with Crippen LogP contribution in [0.15, 0.2) is 47.2 Å². The molecule has 0 saturated carbocycles. The fraction of sp³-hybridized carbons (Fsp3) is 0.0667. The van der Waals surface area contributed by atoms with E-state index in [9.17, 15) is 4.79 Å². The molecule has 6 heteroatoms. The summed E-state index contributed by atoms with van der Waals surface area (Å²) in [5.41, 5.74) is 2.50. The maximum atomic E-state index is 11.0. The Balaban J connectivity index is 2.01. The first-order chi connectivity index (χ1) is 10.1. The lowest BCUT2D eigenvalue weighted by atomic mass is 10.1. The van der Waals surface area contributed by atoms with Gasteiger partial charge in [-0.1, -0.05) is 11.2 Å². The number of carboxylic acids is 1. The lowest BCUT2D eigenvalue weighted by Gasteiger charge is -1.98. The summed E-state index contributed by atoms with van der Waals surface area (Å²) < 4.78 is 5.21. The summed E-state index contributed by atoms with van der Waals surface area (Å²) in [7, 11) is 0. The van der Waals surface area contributed by atoms with Crippen LogP contribution in [0.4, 0.5) is 0 Å². The van der Waals surface area contributed by atoms with Crippen molar-refractivity contribution in [3.8, 4) is 22.8 Å². The topological polar surface area (TPSA) is 89.1 Å². The highest BCUT2D eigenvalue weighted by Gasteiger charge is 2.13. The largest absolute Gasteiger partial charge is 0.478 e. The van der Waals surface area contributed by atoms with Gasteiger partial charge in [0.1, 0.15) is 0 Å². The van der Waals surface area contributed by atoms with Crippen molar-refractivity contribution in [1.29, 1.82) is 0 Å². The Morgan fingerprint density at radius 2 is 2.14 bits per heavy atom. The number of aryl methyl sites for hydroxylation is 1. The van der Waals surface area contributed by atoms with E-state index >= 15 is 0 Å². The molecule has 2 aromatic heterocycles. The molecule has 0 aliphatic carbocycles. The molecule has 0 aliphatic rings. The molecule has 0 spiro atoms. The van der Waals surface area contributed by atoms with Gasteiger partial charge in [0.15, 0.2) is 0 Å². The van der Waals surface area contributed by atoms with Crippen LogP contribution in [0.3, 0.4) is 0 Å². The average Bonchev–Trinajstić information content (AvgIpc) is 2.97. The van der Waals surface area contributed by atoms with E-state index < -0.39 is 5.97 Å². The molecule has 1 aromatic carbocycles. The van der Waals surface area contributed by atoms with E-state index in [1.54, 1.807) is 24.5 Å². The smallest absolute Gasteiger partial charge is 0.335 e. The molecule has 0 aliphatic heterocycles. The van der Waals surface area contributed by atoms with Gasteiger partial charge in [-0.05, 0) is 36.8 Å². The third-order valence-electron chi connectivity index (χ3n) is 3.06. The summed E-state index contributed by atoms with van der Waals surface area (Å²) in [6.07, 6.45) is 3.35. The van der Waals surface area contributed by atoms with Gasteiger partial charge in [0.05, 0.1) is 5.56 Å². The fourth-order valence-corrected chi connectivity index (χ4v) is 1.93. The van der Waals surface area contributed by atoms with E-state index in [0.29, 0.717) is 11.4 Å². The van der Waals surface area contributed by atoms with Crippen molar-refractivity contribution in [3.05, 3.63) is 53.9 Å². The number of carbonyl (C=O) groups is 1. The first-order valence-corrected chi connectivity index (χ1v) is 6.23. The Bertz CT molecular complexity index is 811. The van der Waals surface area contributed by atoms with Crippen molar-refractivity contribution in [2.24, 2.45) is 0 Å². The predicted octanol–water partition coefficient (Wildman–Crippen LogP) is 2.81. The highest BCUT2D eigenvalue weighted by molar-refractivity contribution is 5.89. The number of hydrogen-bond donors (Lipinski definition) is 1. The van der Waals surface area contributed by atoms with Crippen LogP contribution in [-0.4, -0.2) is 26.2 Å². The van der Waals surface area contributed by atoms with Crippen molar-refractivity contribution in [2.45, 2.75) is 6.92 Å². The number of hydrogen-bond acceptors (Lipinski definition) is 5. The van der Waals surface area contributed by atoms with Crippen molar-refractivity contribution in [3.63, 3.8) is 0 Å². The first kappa shape index (κ1) is 13.0. The van der Waals surface area contributed by atoms with E-state index in [4.69, 9.17) is 9.63 Å². The molecule has 3 aromatic rings. The zero-order valence-corrected chi connectivity index (χ0v) is 11.1. The third-order valence-corrected chi connectivity index (χ3v) is 3.06. The summed E-state index contributed by atoms with van der Waals surface area (Å²) in [5, 5.41) is 12.9. The summed E-state index contributed by atoms with van der Waals surface area (Å²) in [6.45, 7) is 1.93. The lowest BCUT2D eigenvalue weighted by molar-refractivity contribution is 0.0697. The number of rotatable bonds is 3. The summed E-state index contributed by atoms with van der Waals surface area (Å²) in [4.78, 5) is 19.3. The van der Waals surface area contributed by atoms with Gasteiger partial charge in [0.25, 0.3) is 5.89 Å². The Labute approximate surface area is 120 Å². The Kier molecular flexibility index (Phi) is 3.19. The van der Waals surface area contributed by atoms with Crippen molar-refractivity contribution < 1.29 is 14.4 Å². The number of nitrogens with zero attached hydrogens (tertiary/aromatic N) is 3. The van der Waals surface area contributed by atoms with Gasteiger partial charge >= 0.3 is 5.97 Å². The van der Waals surface area contributed by atoms with E-state index in [1.807, 2.05) is 13.0 Å².